The summed E-state index contributed by atoms with van der Waals surface area (Å²) >= 11 is 0. The van der Waals surface area contributed by atoms with E-state index in [1.165, 1.54) is 11.1 Å². The van der Waals surface area contributed by atoms with Crippen LogP contribution in [0, 0.1) is 0 Å². The van der Waals surface area contributed by atoms with Gasteiger partial charge in [0.15, 0.2) is 5.96 Å². The van der Waals surface area contributed by atoms with E-state index in [0.29, 0.717) is 6.54 Å². The van der Waals surface area contributed by atoms with Crippen molar-refractivity contribution < 1.29 is 4.79 Å². The maximum atomic E-state index is 12.0. The first kappa shape index (κ1) is 18.0. The number of hydrogen-bond donors (Lipinski definition) is 1. The van der Waals surface area contributed by atoms with Crippen molar-refractivity contribution >= 4 is 11.9 Å². The molecule has 1 aliphatic rings. The Morgan fingerprint density at radius 1 is 1.08 bits per heavy atom. The van der Waals surface area contributed by atoms with Gasteiger partial charge in [-0.3, -0.25) is 4.79 Å². The quantitative estimate of drug-likeness (QED) is 0.680. The minimum absolute atomic E-state index is 0.0369. The molecule has 0 aliphatic carbocycles. The standard InChI is InChI=1S/C21H26N4O/c1-24(2)20(26)15-23-21(22-14-17-8-4-3-5-9-17)25-13-12-18-10-6-7-11-19(18)16-25/h3-11H,12-16H2,1-2H3,(H,22,23). The lowest BCUT2D eigenvalue weighted by molar-refractivity contribution is -0.127. The number of nitrogens with zero attached hydrogens (tertiary/aromatic N) is 3. The third-order valence-corrected chi connectivity index (χ3v) is 4.58. The van der Waals surface area contributed by atoms with Crippen LogP contribution in [-0.2, 0) is 24.3 Å². The number of nitrogens with one attached hydrogen (secondary N) is 1. The van der Waals surface area contributed by atoms with Gasteiger partial charge in [-0.15, -0.1) is 0 Å². The van der Waals surface area contributed by atoms with E-state index in [-0.39, 0.29) is 12.5 Å². The highest BCUT2D eigenvalue weighted by Gasteiger charge is 2.19. The Kier molecular flexibility index (Phi) is 5.89. The van der Waals surface area contributed by atoms with Gasteiger partial charge < -0.3 is 15.1 Å². The van der Waals surface area contributed by atoms with Crippen LogP contribution in [0.3, 0.4) is 0 Å². The van der Waals surface area contributed by atoms with Crippen molar-refractivity contribution in [1.29, 1.82) is 0 Å². The van der Waals surface area contributed by atoms with Crippen molar-refractivity contribution in [3.63, 3.8) is 0 Å². The van der Waals surface area contributed by atoms with Crippen molar-refractivity contribution in [2.75, 3.05) is 27.2 Å². The summed E-state index contributed by atoms with van der Waals surface area (Å²) in [6, 6.07) is 18.7. The number of carbonyl (C=O) groups excluding carboxylic acids is 1. The molecule has 0 saturated heterocycles. The zero-order valence-corrected chi connectivity index (χ0v) is 15.5. The average Bonchev–Trinajstić information content (AvgIpc) is 2.68. The van der Waals surface area contributed by atoms with Gasteiger partial charge in [0.2, 0.25) is 5.91 Å². The minimum Gasteiger partial charge on any atom is -0.347 e. The molecule has 0 spiro atoms. The number of likely N-dealkylation sites (N-methyl/N-ethyl adjacent to an activating group) is 1. The zero-order chi connectivity index (χ0) is 18.4. The van der Waals surface area contributed by atoms with Gasteiger partial charge in [0.1, 0.15) is 0 Å². The summed E-state index contributed by atoms with van der Waals surface area (Å²) in [4.78, 5) is 20.6. The lowest BCUT2D eigenvalue weighted by Crippen LogP contribution is -2.47. The number of carbonyl (C=O) groups is 1. The van der Waals surface area contributed by atoms with Crippen molar-refractivity contribution in [2.24, 2.45) is 4.99 Å². The van der Waals surface area contributed by atoms with E-state index in [9.17, 15) is 4.79 Å². The van der Waals surface area contributed by atoms with Gasteiger partial charge in [0.05, 0.1) is 13.1 Å². The van der Waals surface area contributed by atoms with E-state index in [2.05, 4.69) is 46.6 Å². The van der Waals surface area contributed by atoms with Gasteiger partial charge in [-0.1, -0.05) is 54.6 Å². The highest BCUT2D eigenvalue weighted by molar-refractivity contribution is 5.86. The summed E-state index contributed by atoms with van der Waals surface area (Å²) in [5.41, 5.74) is 3.88. The van der Waals surface area contributed by atoms with Gasteiger partial charge in [0, 0.05) is 27.2 Å². The van der Waals surface area contributed by atoms with Gasteiger partial charge >= 0.3 is 0 Å². The summed E-state index contributed by atoms with van der Waals surface area (Å²) in [6.07, 6.45) is 0.990. The van der Waals surface area contributed by atoms with Gasteiger partial charge in [0.25, 0.3) is 0 Å². The van der Waals surface area contributed by atoms with Crippen molar-refractivity contribution in [3.05, 3.63) is 71.3 Å². The summed E-state index contributed by atoms with van der Waals surface area (Å²) < 4.78 is 0. The van der Waals surface area contributed by atoms with E-state index < -0.39 is 0 Å². The van der Waals surface area contributed by atoms with E-state index >= 15 is 0 Å². The molecule has 1 aliphatic heterocycles. The maximum absolute atomic E-state index is 12.0. The van der Waals surface area contributed by atoms with Crippen LogP contribution in [0.25, 0.3) is 0 Å². The highest BCUT2D eigenvalue weighted by Crippen LogP contribution is 2.18. The van der Waals surface area contributed by atoms with Crippen molar-refractivity contribution in [2.45, 2.75) is 19.5 Å². The van der Waals surface area contributed by atoms with Crippen LogP contribution in [0.15, 0.2) is 59.6 Å². The predicted octanol–water partition coefficient (Wildman–Crippen LogP) is 2.28. The normalized spacial score (nSPS) is 13.9. The molecule has 26 heavy (non-hydrogen) atoms. The van der Waals surface area contributed by atoms with Crippen LogP contribution in [0.1, 0.15) is 16.7 Å². The molecule has 0 fully saturated rings. The Bertz CT molecular complexity index is 771. The molecule has 2 aromatic rings. The van der Waals surface area contributed by atoms with Gasteiger partial charge in [-0.05, 0) is 23.1 Å². The topological polar surface area (TPSA) is 47.9 Å². The first-order valence-electron chi connectivity index (χ1n) is 8.97. The lowest BCUT2D eigenvalue weighted by atomic mass is 10.0. The fraction of sp³-hybridized carbons (Fsp3) is 0.333. The molecule has 0 radical (unpaired) electrons. The molecule has 1 N–H and O–H groups in total. The molecule has 0 atom stereocenters. The molecule has 2 aromatic carbocycles. The Hall–Kier alpha value is -2.82. The summed E-state index contributed by atoms with van der Waals surface area (Å²) in [5, 5.41) is 3.26. The van der Waals surface area contributed by atoms with Crippen LogP contribution in [-0.4, -0.2) is 48.9 Å². The smallest absolute Gasteiger partial charge is 0.241 e. The zero-order valence-electron chi connectivity index (χ0n) is 15.5. The molecule has 0 unspecified atom stereocenters. The number of aliphatic imine (C=N–C) groups is 1. The molecular formula is C21H26N4O. The minimum atomic E-state index is 0.0369. The van der Waals surface area contributed by atoms with Crippen LogP contribution in [0.4, 0.5) is 0 Å². The first-order chi connectivity index (χ1) is 12.6. The maximum Gasteiger partial charge on any atom is 0.241 e. The SMILES string of the molecule is CN(C)C(=O)CNC(=NCc1ccccc1)N1CCc2ccccc2C1. The molecule has 0 aromatic heterocycles. The first-order valence-corrected chi connectivity index (χ1v) is 8.97. The lowest BCUT2D eigenvalue weighted by Gasteiger charge is -2.32. The summed E-state index contributed by atoms with van der Waals surface area (Å²) in [6.45, 7) is 2.55. The largest absolute Gasteiger partial charge is 0.347 e. The highest BCUT2D eigenvalue weighted by atomic mass is 16.2. The van der Waals surface area contributed by atoms with Crippen LogP contribution in [0.5, 0.6) is 0 Å². The second-order valence-corrected chi connectivity index (χ2v) is 6.71. The van der Waals surface area contributed by atoms with E-state index in [1.54, 1.807) is 19.0 Å². The van der Waals surface area contributed by atoms with Crippen LogP contribution >= 0.6 is 0 Å². The molecule has 1 amide bonds. The number of hydrogen-bond acceptors (Lipinski definition) is 2. The molecule has 5 heteroatoms. The molecule has 0 bridgehead atoms. The third-order valence-electron chi connectivity index (χ3n) is 4.58. The third kappa shape index (κ3) is 4.63. The summed E-state index contributed by atoms with van der Waals surface area (Å²) in [7, 11) is 3.53. The number of rotatable bonds is 4. The Balaban J connectivity index is 1.75. The summed E-state index contributed by atoms with van der Waals surface area (Å²) in [5.74, 6) is 0.827. The van der Waals surface area contributed by atoms with E-state index in [4.69, 9.17) is 4.99 Å². The fourth-order valence-corrected chi connectivity index (χ4v) is 3.01. The number of benzene rings is 2. The van der Waals surface area contributed by atoms with Crippen molar-refractivity contribution in [1.82, 2.24) is 15.1 Å². The monoisotopic (exact) mass is 350 g/mol. The van der Waals surface area contributed by atoms with Gasteiger partial charge in [-0.2, -0.15) is 0 Å². The van der Waals surface area contributed by atoms with Crippen molar-refractivity contribution in [3.8, 4) is 0 Å². The molecule has 0 saturated carbocycles. The Morgan fingerprint density at radius 2 is 1.77 bits per heavy atom. The molecular weight excluding hydrogens is 324 g/mol. The Labute approximate surface area is 155 Å². The van der Waals surface area contributed by atoms with E-state index in [0.717, 1.165) is 31.0 Å². The molecule has 3 rings (SSSR count). The molecule has 136 valence electrons. The Morgan fingerprint density at radius 3 is 2.50 bits per heavy atom. The second-order valence-electron chi connectivity index (χ2n) is 6.71. The van der Waals surface area contributed by atoms with Gasteiger partial charge in [-0.25, -0.2) is 4.99 Å². The number of fused-ring (bicyclic) bond motifs is 1. The molecule has 1 heterocycles. The second kappa shape index (κ2) is 8.52. The predicted molar refractivity (Wildman–Crippen MR) is 105 cm³/mol. The average molecular weight is 350 g/mol. The number of guanidine groups is 1. The van der Waals surface area contributed by atoms with E-state index in [1.807, 2.05) is 18.2 Å². The number of amides is 1. The van der Waals surface area contributed by atoms with Crippen LogP contribution < -0.4 is 5.32 Å². The molecule has 5 nitrogen and oxygen atoms in total. The fourth-order valence-electron chi connectivity index (χ4n) is 3.01. The van der Waals surface area contributed by atoms with Crippen LogP contribution in [0.2, 0.25) is 0 Å².